The lowest BCUT2D eigenvalue weighted by molar-refractivity contribution is 0.147. The maximum Gasteiger partial charge on any atom is 0.254 e. The summed E-state index contributed by atoms with van der Waals surface area (Å²) >= 11 is 0. The number of rotatable bonds is 6. The fourth-order valence-corrected chi connectivity index (χ4v) is 5.21. The van der Waals surface area contributed by atoms with E-state index in [0.29, 0.717) is 17.3 Å². The van der Waals surface area contributed by atoms with Crippen molar-refractivity contribution in [1.82, 2.24) is 29.4 Å². The Morgan fingerprint density at radius 3 is 2.58 bits per heavy atom. The number of aromatic nitrogens is 4. The van der Waals surface area contributed by atoms with Gasteiger partial charge in [0.05, 0.1) is 14.2 Å². The molecular formula is C24H33N7O2. The lowest BCUT2D eigenvalue weighted by Crippen LogP contribution is -2.50. The summed E-state index contributed by atoms with van der Waals surface area (Å²) in [5, 5.41) is 4.50. The first kappa shape index (κ1) is 21.9. The molecule has 9 nitrogen and oxygen atoms in total. The molecule has 2 saturated heterocycles. The van der Waals surface area contributed by atoms with E-state index in [9.17, 15) is 0 Å². The van der Waals surface area contributed by atoms with Gasteiger partial charge in [0.25, 0.3) is 5.78 Å². The van der Waals surface area contributed by atoms with E-state index in [4.69, 9.17) is 9.47 Å². The van der Waals surface area contributed by atoms with E-state index in [2.05, 4.69) is 36.8 Å². The van der Waals surface area contributed by atoms with Crippen molar-refractivity contribution in [2.45, 2.75) is 12.8 Å². The summed E-state index contributed by atoms with van der Waals surface area (Å²) in [6.07, 6.45) is 6.12. The molecule has 0 radical (unpaired) electrons. The molecule has 1 atom stereocenters. The lowest BCUT2D eigenvalue weighted by atomic mass is 9.97. The topological polar surface area (TPSA) is 71.3 Å². The van der Waals surface area contributed by atoms with Crippen LogP contribution in [-0.4, -0.2) is 96.5 Å². The summed E-state index contributed by atoms with van der Waals surface area (Å²) in [5.74, 6) is 3.82. The monoisotopic (exact) mass is 451 g/mol. The quantitative estimate of drug-likeness (QED) is 0.565. The molecule has 0 bridgehead atoms. The Morgan fingerprint density at radius 1 is 1.00 bits per heavy atom. The Balaban J connectivity index is 1.40. The number of ether oxygens (including phenoxy) is 2. The van der Waals surface area contributed by atoms with E-state index < -0.39 is 0 Å². The molecule has 0 saturated carbocycles. The van der Waals surface area contributed by atoms with Crippen molar-refractivity contribution >= 4 is 11.6 Å². The summed E-state index contributed by atoms with van der Waals surface area (Å²) < 4.78 is 12.8. The molecule has 176 valence electrons. The summed E-state index contributed by atoms with van der Waals surface area (Å²) in [6.45, 7) is 7.63. The van der Waals surface area contributed by atoms with Crippen molar-refractivity contribution in [3.05, 3.63) is 30.7 Å². The SMILES string of the molecule is COc1ccc(-c2cnc3ncnn3c2N2CCN(C[C@@H]3CCCN(C)C3)CC2)cc1OC. The van der Waals surface area contributed by atoms with Crippen LogP contribution in [0.2, 0.25) is 0 Å². The summed E-state index contributed by atoms with van der Waals surface area (Å²) in [7, 11) is 5.55. The molecule has 3 aromatic rings. The number of benzene rings is 1. The summed E-state index contributed by atoms with van der Waals surface area (Å²) in [5.41, 5.74) is 2.02. The average Bonchev–Trinajstić information content (AvgIpc) is 3.32. The fraction of sp³-hybridized carbons (Fsp3) is 0.542. The molecule has 4 heterocycles. The van der Waals surface area contributed by atoms with Crippen molar-refractivity contribution < 1.29 is 9.47 Å². The maximum atomic E-state index is 5.55. The number of hydrogen-bond donors (Lipinski definition) is 0. The van der Waals surface area contributed by atoms with Gasteiger partial charge in [-0.1, -0.05) is 6.07 Å². The van der Waals surface area contributed by atoms with Crippen LogP contribution in [0, 0.1) is 5.92 Å². The third-order valence-electron chi connectivity index (χ3n) is 6.89. The van der Waals surface area contributed by atoms with Crippen molar-refractivity contribution in [3.63, 3.8) is 0 Å². The number of piperidine rings is 1. The normalized spacial score (nSPS) is 20.3. The van der Waals surface area contributed by atoms with E-state index in [1.165, 1.54) is 32.5 Å². The molecule has 1 aromatic carbocycles. The van der Waals surface area contributed by atoms with Crippen LogP contribution >= 0.6 is 0 Å². The van der Waals surface area contributed by atoms with Crippen LogP contribution in [0.5, 0.6) is 11.5 Å². The van der Waals surface area contributed by atoms with Crippen LogP contribution in [0.3, 0.4) is 0 Å². The molecule has 0 aliphatic carbocycles. The second-order valence-electron chi connectivity index (χ2n) is 9.10. The first-order valence-electron chi connectivity index (χ1n) is 11.7. The smallest absolute Gasteiger partial charge is 0.254 e. The highest BCUT2D eigenvalue weighted by atomic mass is 16.5. The second kappa shape index (κ2) is 9.52. The van der Waals surface area contributed by atoms with E-state index in [1.54, 1.807) is 20.5 Å². The van der Waals surface area contributed by atoms with E-state index in [-0.39, 0.29) is 0 Å². The molecular weight excluding hydrogens is 418 g/mol. The summed E-state index contributed by atoms with van der Waals surface area (Å²) in [6, 6.07) is 5.97. The lowest BCUT2D eigenvalue weighted by Gasteiger charge is -2.39. The van der Waals surface area contributed by atoms with E-state index >= 15 is 0 Å². The van der Waals surface area contributed by atoms with Gasteiger partial charge in [-0.25, -0.2) is 4.98 Å². The van der Waals surface area contributed by atoms with Crippen molar-refractivity contribution in [1.29, 1.82) is 0 Å². The minimum Gasteiger partial charge on any atom is -0.493 e. The predicted octanol–water partition coefficient (Wildman–Crippen LogP) is 2.27. The number of nitrogens with zero attached hydrogens (tertiary/aromatic N) is 7. The fourth-order valence-electron chi connectivity index (χ4n) is 5.21. The predicted molar refractivity (Wildman–Crippen MR) is 128 cm³/mol. The van der Waals surface area contributed by atoms with Gasteiger partial charge in [0.1, 0.15) is 12.1 Å². The van der Waals surface area contributed by atoms with Gasteiger partial charge < -0.3 is 19.3 Å². The molecule has 2 aliphatic rings. The van der Waals surface area contributed by atoms with Gasteiger partial charge in [0.2, 0.25) is 0 Å². The standard InChI is InChI=1S/C24H33N7O2/c1-28-8-4-5-18(15-28)16-29-9-11-30(12-10-29)23-20(14-25-24-26-17-27-31(23)24)19-6-7-21(32-2)22(13-19)33-3/h6-7,13-14,17-18H,4-5,8-12,15-16H2,1-3H3/t18-/m1/s1. The molecule has 0 spiro atoms. The molecule has 9 heteroatoms. The van der Waals surface area contributed by atoms with Crippen LogP contribution in [0.1, 0.15) is 12.8 Å². The van der Waals surface area contributed by atoms with Crippen molar-refractivity contribution in [2.24, 2.45) is 5.92 Å². The van der Waals surface area contributed by atoms with Gasteiger partial charge in [-0.15, -0.1) is 0 Å². The molecule has 0 unspecified atom stereocenters. The highest BCUT2D eigenvalue weighted by molar-refractivity contribution is 5.78. The van der Waals surface area contributed by atoms with Crippen LogP contribution in [-0.2, 0) is 0 Å². The highest BCUT2D eigenvalue weighted by Gasteiger charge is 2.26. The van der Waals surface area contributed by atoms with Crippen molar-refractivity contribution in [2.75, 3.05) is 72.0 Å². The Hall–Kier alpha value is -2.91. The second-order valence-corrected chi connectivity index (χ2v) is 9.10. The minimum atomic E-state index is 0.613. The van der Waals surface area contributed by atoms with Gasteiger partial charge in [-0.2, -0.15) is 14.6 Å². The number of methoxy groups -OCH3 is 2. The van der Waals surface area contributed by atoms with Crippen LogP contribution < -0.4 is 14.4 Å². The van der Waals surface area contributed by atoms with Gasteiger partial charge in [0.15, 0.2) is 11.5 Å². The zero-order valence-electron chi connectivity index (χ0n) is 19.8. The molecule has 2 fully saturated rings. The van der Waals surface area contributed by atoms with Crippen LogP contribution in [0.25, 0.3) is 16.9 Å². The molecule has 2 aliphatic heterocycles. The Bertz CT molecular complexity index is 1090. The first-order valence-corrected chi connectivity index (χ1v) is 11.7. The maximum absolute atomic E-state index is 5.55. The average molecular weight is 452 g/mol. The van der Waals surface area contributed by atoms with Crippen LogP contribution in [0.15, 0.2) is 30.7 Å². The third-order valence-corrected chi connectivity index (χ3v) is 6.89. The van der Waals surface area contributed by atoms with Crippen molar-refractivity contribution in [3.8, 4) is 22.6 Å². The largest absolute Gasteiger partial charge is 0.493 e. The molecule has 5 rings (SSSR count). The summed E-state index contributed by atoms with van der Waals surface area (Å²) in [4.78, 5) is 16.4. The van der Waals surface area contributed by atoms with Crippen LogP contribution in [0.4, 0.5) is 5.82 Å². The van der Waals surface area contributed by atoms with Gasteiger partial charge >= 0.3 is 0 Å². The first-order chi connectivity index (χ1) is 16.2. The van der Waals surface area contributed by atoms with E-state index in [0.717, 1.165) is 49.0 Å². The molecule has 33 heavy (non-hydrogen) atoms. The number of anilines is 1. The Labute approximate surface area is 194 Å². The van der Waals surface area contributed by atoms with Gasteiger partial charge in [-0.3, -0.25) is 4.90 Å². The number of piperazine rings is 1. The molecule has 2 aromatic heterocycles. The minimum absolute atomic E-state index is 0.613. The van der Waals surface area contributed by atoms with Gasteiger partial charge in [0, 0.05) is 51.0 Å². The van der Waals surface area contributed by atoms with Gasteiger partial charge in [-0.05, 0) is 50.0 Å². The Morgan fingerprint density at radius 2 is 1.82 bits per heavy atom. The number of likely N-dealkylation sites (tertiary alicyclic amines) is 1. The van der Waals surface area contributed by atoms with E-state index in [1.807, 2.05) is 28.9 Å². The highest BCUT2D eigenvalue weighted by Crippen LogP contribution is 2.36. The third kappa shape index (κ3) is 4.47. The zero-order chi connectivity index (χ0) is 22.8. The number of hydrogen-bond acceptors (Lipinski definition) is 8. The molecule has 0 N–H and O–H groups in total. The Kier molecular flexibility index (Phi) is 6.32. The zero-order valence-corrected chi connectivity index (χ0v) is 19.8. The molecule has 0 amide bonds. The number of fused-ring (bicyclic) bond motifs is 1.